The van der Waals surface area contributed by atoms with E-state index in [9.17, 15) is 5.11 Å². The first-order valence-electron chi connectivity index (χ1n) is 5.90. The molecule has 1 unspecified atom stereocenters. The minimum Gasteiger partial charge on any atom is -0.391 e. The van der Waals surface area contributed by atoms with Crippen LogP contribution in [0.4, 0.5) is 5.69 Å². The third-order valence-electron chi connectivity index (χ3n) is 2.82. The molecule has 0 saturated heterocycles. The SMILES string of the molecule is CC(C)C(O)CNc1ccnc2cc(Br)cnc12. The van der Waals surface area contributed by atoms with E-state index in [1.165, 1.54) is 0 Å². The largest absolute Gasteiger partial charge is 0.391 e. The van der Waals surface area contributed by atoms with Gasteiger partial charge in [0, 0.05) is 23.4 Å². The van der Waals surface area contributed by atoms with Gasteiger partial charge in [-0.3, -0.25) is 9.97 Å². The van der Waals surface area contributed by atoms with Gasteiger partial charge in [-0.25, -0.2) is 0 Å². The summed E-state index contributed by atoms with van der Waals surface area (Å²) < 4.78 is 0.905. The first kappa shape index (κ1) is 13.2. The highest BCUT2D eigenvalue weighted by atomic mass is 79.9. The number of aromatic nitrogens is 2. The summed E-state index contributed by atoms with van der Waals surface area (Å²) in [5.41, 5.74) is 2.54. The predicted octanol–water partition coefficient (Wildman–Crippen LogP) is 2.82. The van der Waals surface area contributed by atoms with Crippen molar-refractivity contribution in [3.63, 3.8) is 0 Å². The lowest BCUT2D eigenvalue weighted by Crippen LogP contribution is -2.24. The van der Waals surface area contributed by atoms with E-state index in [1.54, 1.807) is 12.4 Å². The van der Waals surface area contributed by atoms with Crippen LogP contribution in [0.2, 0.25) is 0 Å². The fourth-order valence-electron chi connectivity index (χ4n) is 1.60. The van der Waals surface area contributed by atoms with Gasteiger partial charge in [0.15, 0.2) is 0 Å². The van der Waals surface area contributed by atoms with E-state index in [4.69, 9.17) is 0 Å². The van der Waals surface area contributed by atoms with Gasteiger partial charge in [-0.2, -0.15) is 0 Å². The number of fused-ring (bicyclic) bond motifs is 1. The van der Waals surface area contributed by atoms with Crippen LogP contribution in [0.3, 0.4) is 0 Å². The number of nitrogens with one attached hydrogen (secondary N) is 1. The van der Waals surface area contributed by atoms with Crippen LogP contribution in [0.5, 0.6) is 0 Å². The van der Waals surface area contributed by atoms with Gasteiger partial charge in [0.2, 0.25) is 0 Å². The predicted molar refractivity (Wildman–Crippen MR) is 76.6 cm³/mol. The lowest BCUT2D eigenvalue weighted by atomic mass is 10.1. The molecular formula is C13H16BrN3O. The molecule has 4 nitrogen and oxygen atoms in total. The summed E-state index contributed by atoms with van der Waals surface area (Å²) in [6, 6.07) is 3.79. The van der Waals surface area contributed by atoms with E-state index in [-0.39, 0.29) is 12.0 Å². The molecular weight excluding hydrogens is 294 g/mol. The number of aliphatic hydroxyl groups is 1. The fraction of sp³-hybridized carbons (Fsp3) is 0.385. The Morgan fingerprint density at radius 2 is 2.17 bits per heavy atom. The Kier molecular flexibility index (Phi) is 4.14. The van der Waals surface area contributed by atoms with E-state index < -0.39 is 0 Å². The molecule has 0 spiro atoms. The molecule has 0 aliphatic heterocycles. The van der Waals surface area contributed by atoms with Crippen molar-refractivity contribution in [3.8, 4) is 0 Å². The molecule has 0 radical (unpaired) electrons. The van der Waals surface area contributed by atoms with Crippen LogP contribution in [0, 0.1) is 5.92 Å². The molecule has 96 valence electrons. The maximum atomic E-state index is 9.80. The van der Waals surface area contributed by atoms with Crippen molar-refractivity contribution in [1.29, 1.82) is 0 Å². The Hall–Kier alpha value is -1.20. The van der Waals surface area contributed by atoms with Crippen molar-refractivity contribution in [2.75, 3.05) is 11.9 Å². The summed E-state index contributed by atoms with van der Waals surface area (Å²) >= 11 is 3.38. The van der Waals surface area contributed by atoms with Crippen molar-refractivity contribution in [2.45, 2.75) is 20.0 Å². The second-order valence-electron chi connectivity index (χ2n) is 4.57. The summed E-state index contributed by atoms with van der Waals surface area (Å²) in [6.07, 6.45) is 3.11. The Balaban J connectivity index is 2.23. The minimum absolute atomic E-state index is 0.229. The molecule has 0 amide bonds. The maximum absolute atomic E-state index is 9.80. The standard InChI is InChI=1S/C13H16BrN3O/c1-8(2)12(18)7-16-10-3-4-15-11-5-9(14)6-17-13(10)11/h3-6,8,12,18H,7H2,1-2H3,(H,15,16). The van der Waals surface area contributed by atoms with Crippen LogP contribution in [0.1, 0.15) is 13.8 Å². The van der Waals surface area contributed by atoms with Gasteiger partial charge in [0.1, 0.15) is 5.52 Å². The second-order valence-corrected chi connectivity index (χ2v) is 5.49. The monoisotopic (exact) mass is 309 g/mol. The third kappa shape index (κ3) is 2.97. The zero-order chi connectivity index (χ0) is 13.1. The smallest absolute Gasteiger partial charge is 0.112 e. The zero-order valence-corrected chi connectivity index (χ0v) is 12.0. The lowest BCUT2D eigenvalue weighted by Gasteiger charge is -2.16. The van der Waals surface area contributed by atoms with Crippen LogP contribution in [-0.4, -0.2) is 27.7 Å². The van der Waals surface area contributed by atoms with Gasteiger partial charge in [-0.05, 0) is 34.0 Å². The lowest BCUT2D eigenvalue weighted by molar-refractivity contribution is 0.138. The third-order valence-corrected chi connectivity index (χ3v) is 3.25. The number of rotatable bonds is 4. The van der Waals surface area contributed by atoms with E-state index >= 15 is 0 Å². The van der Waals surface area contributed by atoms with Crippen molar-refractivity contribution in [3.05, 3.63) is 29.0 Å². The van der Waals surface area contributed by atoms with Gasteiger partial charge in [0.25, 0.3) is 0 Å². The highest BCUT2D eigenvalue weighted by Crippen LogP contribution is 2.22. The van der Waals surface area contributed by atoms with Crippen LogP contribution in [0.15, 0.2) is 29.0 Å². The van der Waals surface area contributed by atoms with Gasteiger partial charge < -0.3 is 10.4 Å². The topological polar surface area (TPSA) is 58.0 Å². The van der Waals surface area contributed by atoms with Gasteiger partial charge in [0.05, 0.1) is 17.3 Å². The molecule has 2 aromatic rings. The minimum atomic E-state index is -0.372. The number of aliphatic hydroxyl groups excluding tert-OH is 1. The normalized spacial score (nSPS) is 12.9. The summed E-state index contributed by atoms with van der Waals surface area (Å²) in [4.78, 5) is 8.62. The van der Waals surface area contributed by atoms with Crippen molar-refractivity contribution >= 4 is 32.7 Å². The summed E-state index contributed by atoms with van der Waals surface area (Å²) in [6.45, 7) is 4.49. The van der Waals surface area contributed by atoms with Crippen LogP contribution in [-0.2, 0) is 0 Å². The average Bonchev–Trinajstić information content (AvgIpc) is 2.35. The molecule has 0 aliphatic rings. The van der Waals surface area contributed by atoms with E-state index in [2.05, 4.69) is 31.2 Å². The first-order chi connectivity index (χ1) is 8.58. The molecule has 0 aliphatic carbocycles. The van der Waals surface area contributed by atoms with E-state index in [0.717, 1.165) is 21.2 Å². The first-order valence-corrected chi connectivity index (χ1v) is 6.69. The maximum Gasteiger partial charge on any atom is 0.112 e. The molecule has 0 aromatic carbocycles. The number of halogens is 1. The molecule has 18 heavy (non-hydrogen) atoms. The van der Waals surface area contributed by atoms with Crippen molar-refractivity contribution in [2.24, 2.45) is 5.92 Å². The van der Waals surface area contributed by atoms with E-state index in [0.29, 0.717) is 6.54 Å². The number of anilines is 1. The quantitative estimate of drug-likeness (QED) is 0.912. The van der Waals surface area contributed by atoms with Crippen LogP contribution in [0.25, 0.3) is 11.0 Å². The molecule has 5 heteroatoms. The average molecular weight is 310 g/mol. The Morgan fingerprint density at radius 1 is 1.39 bits per heavy atom. The van der Waals surface area contributed by atoms with Crippen LogP contribution >= 0.6 is 15.9 Å². The number of nitrogens with zero attached hydrogens (tertiary/aromatic N) is 2. The molecule has 2 N–H and O–H groups in total. The molecule has 0 fully saturated rings. The molecule has 2 aromatic heterocycles. The Morgan fingerprint density at radius 3 is 2.89 bits per heavy atom. The highest BCUT2D eigenvalue weighted by Gasteiger charge is 2.10. The zero-order valence-electron chi connectivity index (χ0n) is 10.4. The second kappa shape index (κ2) is 5.63. The van der Waals surface area contributed by atoms with Crippen molar-refractivity contribution < 1.29 is 5.11 Å². The summed E-state index contributed by atoms with van der Waals surface area (Å²) in [7, 11) is 0. The van der Waals surface area contributed by atoms with Gasteiger partial charge >= 0.3 is 0 Å². The molecule has 0 bridgehead atoms. The summed E-state index contributed by atoms with van der Waals surface area (Å²) in [5.74, 6) is 0.229. The molecule has 2 heterocycles. The molecule has 0 saturated carbocycles. The van der Waals surface area contributed by atoms with Gasteiger partial charge in [-0.15, -0.1) is 0 Å². The van der Waals surface area contributed by atoms with Crippen LogP contribution < -0.4 is 5.32 Å². The fourth-order valence-corrected chi connectivity index (χ4v) is 1.92. The number of hydrogen-bond donors (Lipinski definition) is 2. The Bertz CT molecular complexity index is 545. The molecule has 2 rings (SSSR count). The summed E-state index contributed by atoms with van der Waals surface area (Å²) in [5, 5.41) is 13.0. The molecule has 1 atom stereocenters. The highest BCUT2D eigenvalue weighted by molar-refractivity contribution is 9.10. The van der Waals surface area contributed by atoms with Gasteiger partial charge in [-0.1, -0.05) is 13.8 Å². The number of pyridine rings is 2. The van der Waals surface area contributed by atoms with E-state index in [1.807, 2.05) is 26.0 Å². The Labute approximate surface area is 115 Å². The number of hydrogen-bond acceptors (Lipinski definition) is 4. The van der Waals surface area contributed by atoms with Crippen molar-refractivity contribution in [1.82, 2.24) is 9.97 Å².